The molecule has 15 nitrogen and oxygen atoms in total. The van der Waals surface area contributed by atoms with Crippen LogP contribution in [-0.4, -0.2) is 93.1 Å². The molecule has 3 aliphatic rings. The van der Waals surface area contributed by atoms with Gasteiger partial charge in [0.2, 0.25) is 11.8 Å². The largest absolute Gasteiger partial charge is 0.453 e. The van der Waals surface area contributed by atoms with Crippen molar-refractivity contribution in [2.45, 2.75) is 116 Å². The topological polar surface area (TPSA) is 178 Å². The number of aromatic amines is 2. The van der Waals surface area contributed by atoms with Crippen molar-refractivity contribution in [1.82, 2.24) is 40.4 Å². The maximum Gasteiger partial charge on any atom is 0.407 e. The molecule has 0 bridgehead atoms. The Morgan fingerprint density at radius 1 is 0.641 bits per heavy atom. The van der Waals surface area contributed by atoms with Crippen molar-refractivity contribution in [2.75, 3.05) is 32.2 Å². The van der Waals surface area contributed by atoms with Gasteiger partial charge in [0, 0.05) is 18.8 Å². The van der Waals surface area contributed by atoms with Gasteiger partial charge in [-0.2, -0.15) is 0 Å². The fourth-order valence-corrected chi connectivity index (χ4v) is 9.87. The Labute approximate surface area is 372 Å². The molecule has 64 heavy (non-hydrogen) atoms. The lowest BCUT2D eigenvalue weighted by Gasteiger charge is -2.34. The SMILES string of the molecule is COC(=O)NC(C(=O)N1CCCC1c1nc2ccc(C3CCC(c4ccc5nc(C6CCCN6C(=O)C(NC(=O)OC)C(C)(C)C)[nH]c5c4)N3c3ccc(F)cc3)cc2[nH]1)C(C)(C)C. The Morgan fingerprint density at radius 3 is 1.45 bits per heavy atom. The predicted octanol–water partition coefficient (Wildman–Crippen LogP) is 8.53. The number of anilines is 1. The maximum atomic E-state index is 14.4. The maximum absolute atomic E-state index is 14.4. The molecular weight excluding hydrogens is 818 g/mol. The molecule has 5 heterocycles. The number of nitrogens with one attached hydrogen (secondary N) is 4. The normalized spacial score (nSPS) is 21.4. The van der Waals surface area contributed by atoms with Crippen LogP contribution in [0.15, 0.2) is 60.7 Å². The predicted molar refractivity (Wildman–Crippen MR) is 241 cm³/mol. The standard InChI is InChI=1S/C48H60FN9O6/c1-47(2,3)39(54-45(61)63-7)43(59)56-23-9-11-37(56)41-50-31-19-13-27(25-33(31)52-41)35-21-22-36(58(35)30-17-15-29(49)16-18-30)28-14-20-32-34(26-28)53-42(51-32)38-12-10-24-57(38)44(60)40(48(4,5)6)55-46(62)64-8/h13-20,25-26,35-40H,9-12,21-24H2,1-8H3,(H,50,52)(H,51,53)(H,54,61)(H,55,62). The lowest BCUT2D eigenvalue weighted by atomic mass is 9.85. The van der Waals surface area contributed by atoms with Gasteiger partial charge in [0.15, 0.2) is 0 Å². The van der Waals surface area contributed by atoms with E-state index in [0.717, 1.165) is 77.4 Å². The molecule has 6 unspecified atom stereocenters. The molecule has 0 spiro atoms. The highest BCUT2D eigenvalue weighted by atomic mass is 19.1. The number of likely N-dealkylation sites (tertiary alicyclic amines) is 2. The van der Waals surface area contributed by atoms with E-state index in [2.05, 4.69) is 49.8 Å². The summed E-state index contributed by atoms with van der Waals surface area (Å²) in [5, 5.41) is 5.51. The summed E-state index contributed by atoms with van der Waals surface area (Å²) in [7, 11) is 2.58. The third-order valence-corrected chi connectivity index (χ3v) is 13.2. The number of amides is 4. The fraction of sp³-hybridized carbons (Fsp3) is 0.500. The van der Waals surface area contributed by atoms with Gasteiger partial charge in [0.25, 0.3) is 0 Å². The van der Waals surface area contributed by atoms with E-state index in [1.54, 1.807) is 0 Å². The van der Waals surface area contributed by atoms with E-state index in [1.807, 2.05) is 75.6 Å². The molecule has 4 N–H and O–H groups in total. The van der Waals surface area contributed by atoms with Gasteiger partial charge in [0.05, 0.1) is 60.5 Å². The van der Waals surface area contributed by atoms with Crippen LogP contribution in [0.1, 0.15) is 127 Å². The van der Waals surface area contributed by atoms with Crippen LogP contribution in [0.5, 0.6) is 0 Å². The minimum atomic E-state index is -0.779. The van der Waals surface area contributed by atoms with Gasteiger partial charge in [-0.3, -0.25) is 9.59 Å². The van der Waals surface area contributed by atoms with Crippen LogP contribution in [-0.2, 0) is 19.1 Å². The molecule has 340 valence electrons. The second kappa shape index (κ2) is 17.4. The van der Waals surface area contributed by atoms with Gasteiger partial charge in [0.1, 0.15) is 29.5 Å². The quantitative estimate of drug-likeness (QED) is 0.113. The number of hydrogen-bond acceptors (Lipinski definition) is 9. The van der Waals surface area contributed by atoms with Gasteiger partial charge in [-0.25, -0.2) is 23.9 Å². The van der Waals surface area contributed by atoms with Crippen LogP contribution >= 0.6 is 0 Å². The Hall–Kier alpha value is -6.19. The smallest absolute Gasteiger partial charge is 0.407 e. The van der Waals surface area contributed by atoms with Gasteiger partial charge >= 0.3 is 12.2 Å². The van der Waals surface area contributed by atoms with Crippen molar-refractivity contribution in [3.05, 3.63) is 89.3 Å². The van der Waals surface area contributed by atoms with Crippen LogP contribution in [0.4, 0.5) is 19.7 Å². The van der Waals surface area contributed by atoms with Gasteiger partial charge in [-0.15, -0.1) is 0 Å². The zero-order chi connectivity index (χ0) is 45.7. The summed E-state index contributed by atoms with van der Waals surface area (Å²) in [4.78, 5) is 75.6. The number of fused-ring (bicyclic) bond motifs is 2. The van der Waals surface area contributed by atoms with Gasteiger partial charge in [-0.05, 0) is 109 Å². The summed E-state index contributed by atoms with van der Waals surface area (Å²) in [6.45, 7) is 12.6. The zero-order valence-electron chi connectivity index (χ0n) is 38.0. The summed E-state index contributed by atoms with van der Waals surface area (Å²) in [5.41, 5.74) is 5.25. The van der Waals surface area contributed by atoms with Gasteiger partial charge in [-0.1, -0.05) is 53.7 Å². The van der Waals surface area contributed by atoms with Crippen LogP contribution in [0.3, 0.4) is 0 Å². The molecule has 3 aromatic carbocycles. The molecule has 8 rings (SSSR count). The molecular formula is C48H60FN9O6. The summed E-state index contributed by atoms with van der Waals surface area (Å²) >= 11 is 0. The van der Waals surface area contributed by atoms with Crippen molar-refractivity contribution in [1.29, 1.82) is 0 Å². The number of imidazole rings is 2. The molecule has 16 heteroatoms. The van der Waals surface area contributed by atoms with E-state index in [0.29, 0.717) is 24.7 Å². The molecule has 5 aromatic rings. The number of rotatable bonds is 9. The monoisotopic (exact) mass is 877 g/mol. The second-order valence-corrected chi connectivity index (χ2v) is 19.5. The molecule has 0 saturated carbocycles. The van der Waals surface area contributed by atoms with E-state index in [1.165, 1.54) is 26.4 Å². The van der Waals surface area contributed by atoms with E-state index < -0.39 is 35.1 Å². The summed E-state index contributed by atoms with van der Waals surface area (Å²) in [6, 6.07) is 17.0. The number of ether oxygens (including phenoxy) is 2. The molecule has 4 amide bonds. The average molecular weight is 878 g/mol. The number of H-pyrrole nitrogens is 2. The number of nitrogens with zero attached hydrogens (tertiary/aromatic N) is 5. The molecule has 3 fully saturated rings. The molecule has 0 aliphatic carbocycles. The average Bonchev–Trinajstić information content (AvgIpc) is 4.11. The summed E-state index contributed by atoms with van der Waals surface area (Å²) < 4.78 is 24.1. The minimum Gasteiger partial charge on any atom is -0.453 e. The van der Waals surface area contributed by atoms with E-state index in [4.69, 9.17) is 19.4 Å². The number of methoxy groups -OCH3 is 2. The highest BCUT2D eigenvalue weighted by molar-refractivity contribution is 5.88. The first-order chi connectivity index (χ1) is 30.4. The van der Waals surface area contributed by atoms with Crippen molar-refractivity contribution >= 4 is 51.8 Å². The number of benzene rings is 3. The number of aromatic nitrogens is 4. The first-order valence-electron chi connectivity index (χ1n) is 22.3. The van der Waals surface area contributed by atoms with Crippen LogP contribution in [0.2, 0.25) is 0 Å². The summed E-state index contributed by atoms with van der Waals surface area (Å²) in [5.74, 6) is 0.749. The number of carbonyl (C=O) groups excluding carboxylic acids is 4. The third-order valence-electron chi connectivity index (χ3n) is 13.2. The van der Waals surface area contributed by atoms with Crippen LogP contribution < -0.4 is 15.5 Å². The Morgan fingerprint density at radius 2 is 1.06 bits per heavy atom. The zero-order valence-corrected chi connectivity index (χ0v) is 38.0. The number of hydrogen-bond donors (Lipinski definition) is 4. The Bertz CT molecular complexity index is 2390. The third kappa shape index (κ3) is 8.70. The van der Waals surface area contributed by atoms with E-state index >= 15 is 0 Å². The molecule has 3 saturated heterocycles. The Balaban J connectivity index is 1.06. The van der Waals surface area contributed by atoms with Crippen molar-refractivity contribution < 1.29 is 33.0 Å². The first kappa shape index (κ1) is 44.4. The highest BCUT2D eigenvalue weighted by Crippen LogP contribution is 2.48. The molecule has 6 atom stereocenters. The van der Waals surface area contributed by atoms with Crippen molar-refractivity contribution in [2.24, 2.45) is 10.8 Å². The van der Waals surface area contributed by atoms with Crippen LogP contribution in [0.25, 0.3) is 22.1 Å². The number of alkyl carbamates (subject to hydrolysis) is 2. The molecule has 0 radical (unpaired) electrons. The molecule has 2 aromatic heterocycles. The van der Waals surface area contributed by atoms with E-state index in [9.17, 15) is 23.6 Å². The first-order valence-corrected chi connectivity index (χ1v) is 22.3. The van der Waals surface area contributed by atoms with Crippen LogP contribution in [0, 0.1) is 16.6 Å². The highest BCUT2D eigenvalue weighted by Gasteiger charge is 2.43. The molecule has 3 aliphatic heterocycles. The lowest BCUT2D eigenvalue weighted by molar-refractivity contribution is -0.137. The second-order valence-electron chi connectivity index (χ2n) is 19.5. The van der Waals surface area contributed by atoms with Gasteiger partial charge < -0.3 is 44.8 Å². The van der Waals surface area contributed by atoms with Crippen molar-refractivity contribution in [3.63, 3.8) is 0 Å². The minimum absolute atomic E-state index is 0.0476. The number of carbonyl (C=O) groups is 4. The fourth-order valence-electron chi connectivity index (χ4n) is 9.87. The van der Waals surface area contributed by atoms with Crippen molar-refractivity contribution in [3.8, 4) is 0 Å². The van der Waals surface area contributed by atoms with E-state index in [-0.39, 0.29) is 41.8 Å². The number of halogens is 1. The lowest BCUT2D eigenvalue weighted by Crippen LogP contribution is -2.54. The summed E-state index contributed by atoms with van der Waals surface area (Å²) in [6.07, 6.45) is 3.46. The Kier molecular flexibility index (Phi) is 12.1.